The second-order valence-corrected chi connectivity index (χ2v) is 12.9. The second kappa shape index (κ2) is 12.5. The number of hydrogen-bond donors (Lipinski definition) is 0. The highest BCUT2D eigenvalue weighted by Crippen LogP contribution is 2.32. The van der Waals surface area contributed by atoms with E-state index in [4.69, 9.17) is 14.2 Å². The van der Waals surface area contributed by atoms with Gasteiger partial charge in [0.25, 0.3) is 0 Å². The quantitative estimate of drug-likeness (QED) is 0.212. The maximum Gasteiger partial charge on any atom is 0.310 e. The molecule has 6 nitrogen and oxygen atoms in total. The summed E-state index contributed by atoms with van der Waals surface area (Å²) in [6.45, 7) is 10.4. The summed E-state index contributed by atoms with van der Waals surface area (Å²) in [6, 6.07) is 19.7. The van der Waals surface area contributed by atoms with Crippen LogP contribution in [-0.4, -0.2) is 38.6 Å². The van der Waals surface area contributed by atoms with E-state index in [0.29, 0.717) is 19.6 Å². The molecule has 0 amide bonds. The predicted octanol–water partition coefficient (Wildman–Crippen LogP) is 6.25. The maximum absolute atomic E-state index is 12.1. The minimum Gasteiger partial charge on any atom is -0.494 e. The van der Waals surface area contributed by atoms with E-state index in [-0.39, 0.29) is 18.1 Å². The topological polar surface area (TPSA) is 78.9 Å². The van der Waals surface area contributed by atoms with Crippen molar-refractivity contribution in [1.29, 1.82) is 0 Å². The molecule has 0 aliphatic heterocycles. The molecule has 3 aromatic carbocycles. The standard InChI is InChI=1S/C31H38O6S/c1-22-17-28(35-15-8-16-38(6,33)34)18-23(2)30(22)26-10-7-9-25(19-26)21-36-27-13-11-24(12-14-27)20-29(32)37-31(3,4)5/h7,9-14,17-19H,8,15-16,20-21H2,1-6H3. The Balaban J connectivity index is 1.61. The summed E-state index contributed by atoms with van der Waals surface area (Å²) in [5, 5.41) is 0. The second-order valence-electron chi connectivity index (χ2n) is 10.7. The summed E-state index contributed by atoms with van der Waals surface area (Å²) >= 11 is 0. The molecule has 0 radical (unpaired) electrons. The molecule has 0 saturated heterocycles. The predicted molar refractivity (Wildman–Crippen MR) is 151 cm³/mol. The number of hydrogen-bond acceptors (Lipinski definition) is 6. The van der Waals surface area contributed by atoms with Crippen LogP contribution in [-0.2, 0) is 32.4 Å². The number of esters is 1. The zero-order valence-corrected chi connectivity index (χ0v) is 24.0. The van der Waals surface area contributed by atoms with E-state index in [9.17, 15) is 13.2 Å². The van der Waals surface area contributed by atoms with Crippen molar-refractivity contribution in [3.8, 4) is 22.6 Å². The van der Waals surface area contributed by atoms with E-state index >= 15 is 0 Å². The first-order valence-corrected chi connectivity index (χ1v) is 14.8. The van der Waals surface area contributed by atoms with E-state index in [1.807, 2.05) is 83.1 Å². The fourth-order valence-corrected chi connectivity index (χ4v) is 4.85. The molecule has 0 fully saturated rings. The van der Waals surface area contributed by atoms with Gasteiger partial charge in [0.2, 0.25) is 0 Å². The SMILES string of the molecule is Cc1cc(OCCCS(C)(=O)=O)cc(C)c1-c1cccc(COc2ccc(CC(=O)OC(C)(C)C)cc2)c1. The Bertz CT molecular complexity index is 1330. The van der Waals surface area contributed by atoms with Gasteiger partial charge in [-0.3, -0.25) is 4.79 Å². The normalized spacial score (nSPS) is 11.7. The Morgan fingerprint density at radius 2 is 1.50 bits per heavy atom. The van der Waals surface area contributed by atoms with Crippen molar-refractivity contribution in [2.75, 3.05) is 18.6 Å². The van der Waals surface area contributed by atoms with Crippen molar-refractivity contribution in [1.82, 2.24) is 0 Å². The van der Waals surface area contributed by atoms with Crippen LogP contribution < -0.4 is 9.47 Å². The largest absolute Gasteiger partial charge is 0.494 e. The lowest BCUT2D eigenvalue weighted by Crippen LogP contribution is -2.24. The molecule has 0 spiro atoms. The van der Waals surface area contributed by atoms with E-state index < -0.39 is 15.4 Å². The van der Waals surface area contributed by atoms with Crippen molar-refractivity contribution in [3.05, 3.63) is 82.9 Å². The first kappa shape index (κ1) is 29.2. The molecule has 38 heavy (non-hydrogen) atoms. The Kier molecular flexibility index (Phi) is 9.60. The van der Waals surface area contributed by atoms with Crippen LogP contribution in [0.2, 0.25) is 0 Å². The number of benzene rings is 3. The number of ether oxygens (including phenoxy) is 3. The smallest absolute Gasteiger partial charge is 0.310 e. The zero-order valence-electron chi connectivity index (χ0n) is 23.2. The highest BCUT2D eigenvalue weighted by atomic mass is 32.2. The van der Waals surface area contributed by atoms with Gasteiger partial charge in [-0.25, -0.2) is 8.42 Å². The molecular weight excluding hydrogens is 500 g/mol. The van der Waals surface area contributed by atoms with Crippen molar-refractivity contribution in [2.24, 2.45) is 0 Å². The lowest BCUT2D eigenvalue weighted by molar-refractivity contribution is -0.153. The maximum atomic E-state index is 12.1. The summed E-state index contributed by atoms with van der Waals surface area (Å²) in [5.41, 5.74) is 5.83. The molecule has 0 aromatic heterocycles. The van der Waals surface area contributed by atoms with Crippen LogP contribution in [0.4, 0.5) is 0 Å². The monoisotopic (exact) mass is 538 g/mol. The van der Waals surface area contributed by atoms with Gasteiger partial charge in [-0.15, -0.1) is 0 Å². The summed E-state index contributed by atoms with van der Waals surface area (Å²) < 4.78 is 39.8. The van der Waals surface area contributed by atoms with Crippen molar-refractivity contribution >= 4 is 15.8 Å². The number of aryl methyl sites for hydroxylation is 2. The Morgan fingerprint density at radius 3 is 2.11 bits per heavy atom. The van der Waals surface area contributed by atoms with Crippen LogP contribution in [0.3, 0.4) is 0 Å². The van der Waals surface area contributed by atoms with Crippen molar-refractivity contribution < 1.29 is 27.4 Å². The average molecular weight is 539 g/mol. The average Bonchev–Trinajstić information content (AvgIpc) is 2.79. The molecule has 0 aliphatic rings. The molecule has 0 heterocycles. The summed E-state index contributed by atoms with van der Waals surface area (Å²) in [7, 11) is -2.98. The minimum atomic E-state index is -2.98. The van der Waals surface area contributed by atoms with Crippen LogP contribution >= 0.6 is 0 Å². The van der Waals surface area contributed by atoms with Gasteiger partial charge >= 0.3 is 5.97 Å². The molecular formula is C31H38O6S. The van der Waals surface area contributed by atoms with Crippen LogP contribution in [0.25, 0.3) is 11.1 Å². The Morgan fingerprint density at radius 1 is 0.842 bits per heavy atom. The third-order valence-electron chi connectivity index (χ3n) is 5.75. The first-order chi connectivity index (χ1) is 17.8. The number of carbonyl (C=O) groups excluding carboxylic acids is 1. The van der Waals surface area contributed by atoms with Gasteiger partial charge in [0.05, 0.1) is 18.8 Å². The van der Waals surface area contributed by atoms with Gasteiger partial charge in [0, 0.05) is 6.26 Å². The van der Waals surface area contributed by atoms with Gasteiger partial charge in [0.15, 0.2) is 0 Å². The van der Waals surface area contributed by atoms with Gasteiger partial charge in [-0.1, -0.05) is 30.3 Å². The van der Waals surface area contributed by atoms with E-state index in [1.165, 1.54) is 6.26 Å². The molecule has 3 aromatic rings. The molecule has 0 N–H and O–H groups in total. The number of rotatable bonds is 11. The number of sulfone groups is 1. The summed E-state index contributed by atoms with van der Waals surface area (Å²) in [5.74, 6) is 1.34. The lowest BCUT2D eigenvalue weighted by Gasteiger charge is -2.19. The molecule has 0 unspecified atom stereocenters. The highest BCUT2D eigenvalue weighted by molar-refractivity contribution is 7.90. The van der Waals surface area contributed by atoms with Crippen molar-refractivity contribution in [3.63, 3.8) is 0 Å². The van der Waals surface area contributed by atoms with Gasteiger partial charge in [-0.2, -0.15) is 0 Å². The van der Waals surface area contributed by atoms with Crippen LogP contribution in [0.5, 0.6) is 11.5 Å². The van der Waals surface area contributed by atoms with Crippen molar-refractivity contribution in [2.45, 2.75) is 59.7 Å². The van der Waals surface area contributed by atoms with Gasteiger partial charge < -0.3 is 14.2 Å². The molecule has 0 aliphatic carbocycles. The van der Waals surface area contributed by atoms with Crippen LogP contribution in [0.1, 0.15) is 49.4 Å². The molecule has 3 rings (SSSR count). The molecule has 0 saturated carbocycles. The first-order valence-electron chi connectivity index (χ1n) is 12.7. The zero-order chi connectivity index (χ0) is 27.9. The summed E-state index contributed by atoms with van der Waals surface area (Å²) in [6.07, 6.45) is 1.93. The fourth-order valence-electron chi connectivity index (χ4n) is 4.20. The van der Waals surface area contributed by atoms with Gasteiger partial charge in [-0.05, 0) is 105 Å². The molecule has 0 atom stereocenters. The Hall–Kier alpha value is -3.32. The molecule has 0 bridgehead atoms. The minimum absolute atomic E-state index is 0.119. The Labute approximate surface area is 226 Å². The van der Waals surface area contributed by atoms with E-state index in [1.54, 1.807) is 0 Å². The fraction of sp³-hybridized carbons (Fsp3) is 0.387. The third-order valence-corrected chi connectivity index (χ3v) is 6.78. The lowest BCUT2D eigenvalue weighted by atomic mass is 9.94. The highest BCUT2D eigenvalue weighted by Gasteiger charge is 2.16. The van der Waals surface area contributed by atoms with Crippen LogP contribution in [0.15, 0.2) is 60.7 Å². The molecule has 204 valence electrons. The number of carbonyl (C=O) groups is 1. The summed E-state index contributed by atoms with van der Waals surface area (Å²) in [4.78, 5) is 12.1. The van der Waals surface area contributed by atoms with Crippen LogP contribution in [0, 0.1) is 13.8 Å². The third kappa shape index (κ3) is 9.53. The van der Waals surface area contributed by atoms with E-state index in [2.05, 4.69) is 12.1 Å². The molecule has 7 heteroatoms. The van der Waals surface area contributed by atoms with Gasteiger partial charge in [0.1, 0.15) is 33.5 Å². The van der Waals surface area contributed by atoms with E-state index in [0.717, 1.165) is 44.9 Å².